The second kappa shape index (κ2) is 6.98. The lowest BCUT2D eigenvalue weighted by Crippen LogP contribution is -2.18. The zero-order valence-electron chi connectivity index (χ0n) is 11.3. The minimum atomic E-state index is 0.0867. The summed E-state index contributed by atoms with van der Waals surface area (Å²) >= 11 is 12.3. The summed E-state index contributed by atoms with van der Waals surface area (Å²) in [5.41, 5.74) is 7.74. The first-order valence-corrected chi connectivity index (χ1v) is 7.22. The van der Waals surface area contributed by atoms with E-state index in [-0.39, 0.29) is 6.04 Å². The van der Waals surface area contributed by atoms with Crippen molar-refractivity contribution in [1.29, 1.82) is 0 Å². The van der Waals surface area contributed by atoms with Gasteiger partial charge in [-0.05, 0) is 37.1 Å². The van der Waals surface area contributed by atoms with E-state index >= 15 is 0 Å². The summed E-state index contributed by atoms with van der Waals surface area (Å²) in [6.45, 7) is 2.32. The van der Waals surface area contributed by atoms with Crippen molar-refractivity contribution in [3.8, 4) is 5.75 Å². The molecular formula is C16H17Cl2NO. The summed E-state index contributed by atoms with van der Waals surface area (Å²) < 4.78 is 5.86. The zero-order valence-corrected chi connectivity index (χ0v) is 12.8. The van der Waals surface area contributed by atoms with E-state index in [1.165, 1.54) is 0 Å². The first-order chi connectivity index (χ1) is 9.58. The Labute approximate surface area is 129 Å². The lowest BCUT2D eigenvalue weighted by atomic mass is 10.1. The minimum absolute atomic E-state index is 0.0867. The first-order valence-electron chi connectivity index (χ1n) is 6.47. The Kier molecular flexibility index (Phi) is 5.30. The summed E-state index contributed by atoms with van der Waals surface area (Å²) in [5, 5.41) is 1.23. The number of ether oxygens (including phenoxy) is 1. The largest absolute Gasteiger partial charge is 0.489 e. The molecule has 0 radical (unpaired) electrons. The monoisotopic (exact) mass is 309 g/mol. The van der Waals surface area contributed by atoms with E-state index in [9.17, 15) is 0 Å². The topological polar surface area (TPSA) is 35.2 Å². The van der Waals surface area contributed by atoms with Crippen molar-refractivity contribution in [2.75, 3.05) is 0 Å². The Balaban J connectivity index is 2.15. The third-order valence-corrected chi connectivity index (χ3v) is 3.66. The van der Waals surface area contributed by atoms with Crippen LogP contribution in [-0.2, 0) is 13.0 Å². The number of nitrogens with two attached hydrogens (primary N) is 1. The average Bonchev–Trinajstić information content (AvgIpc) is 2.39. The van der Waals surface area contributed by atoms with E-state index in [0.29, 0.717) is 16.7 Å². The van der Waals surface area contributed by atoms with Crippen molar-refractivity contribution < 1.29 is 4.74 Å². The zero-order chi connectivity index (χ0) is 14.5. The molecular weight excluding hydrogens is 293 g/mol. The van der Waals surface area contributed by atoms with Crippen LogP contribution in [0.25, 0.3) is 0 Å². The van der Waals surface area contributed by atoms with Gasteiger partial charge < -0.3 is 10.5 Å². The van der Waals surface area contributed by atoms with Gasteiger partial charge in [-0.3, -0.25) is 0 Å². The van der Waals surface area contributed by atoms with Crippen molar-refractivity contribution in [1.82, 2.24) is 0 Å². The molecule has 0 aromatic heterocycles. The fraction of sp³-hybridized carbons (Fsp3) is 0.250. The molecule has 2 aromatic rings. The molecule has 0 amide bonds. The van der Waals surface area contributed by atoms with E-state index in [4.69, 9.17) is 33.7 Å². The summed E-state index contributed by atoms with van der Waals surface area (Å²) in [6.07, 6.45) is 0.770. The molecule has 2 N–H and O–H groups in total. The summed E-state index contributed by atoms with van der Waals surface area (Å²) in [4.78, 5) is 0. The van der Waals surface area contributed by atoms with Gasteiger partial charge in [0.05, 0.1) is 0 Å². The van der Waals surface area contributed by atoms with Gasteiger partial charge in [-0.2, -0.15) is 0 Å². The highest BCUT2D eigenvalue weighted by Crippen LogP contribution is 2.27. The van der Waals surface area contributed by atoms with Gasteiger partial charge in [-0.1, -0.05) is 47.5 Å². The molecule has 0 fully saturated rings. The molecule has 2 nitrogen and oxygen atoms in total. The van der Waals surface area contributed by atoms with Crippen LogP contribution in [0.5, 0.6) is 5.75 Å². The Hall–Kier alpha value is -1.22. The van der Waals surface area contributed by atoms with E-state index < -0.39 is 0 Å². The maximum Gasteiger partial charge on any atom is 0.123 e. The van der Waals surface area contributed by atoms with Crippen molar-refractivity contribution >= 4 is 23.2 Å². The molecule has 0 bridgehead atoms. The van der Waals surface area contributed by atoms with Crippen LogP contribution in [0.15, 0.2) is 42.5 Å². The molecule has 0 aliphatic carbocycles. The minimum Gasteiger partial charge on any atom is -0.489 e. The summed E-state index contributed by atoms with van der Waals surface area (Å²) in [7, 11) is 0. The maximum absolute atomic E-state index is 6.14. The van der Waals surface area contributed by atoms with Crippen LogP contribution >= 0.6 is 23.2 Å². The Bertz CT molecular complexity index is 564. The maximum atomic E-state index is 6.14. The Morgan fingerprint density at radius 3 is 2.35 bits per heavy atom. The predicted molar refractivity (Wildman–Crippen MR) is 84.6 cm³/mol. The Morgan fingerprint density at radius 2 is 1.70 bits per heavy atom. The second-order valence-electron chi connectivity index (χ2n) is 4.78. The normalized spacial score (nSPS) is 12.2. The van der Waals surface area contributed by atoms with Crippen LogP contribution in [0, 0.1) is 0 Å². The number of hydrogen-bond donors (Lipinski definition) is 1. The van der Waals surface area contributed by atoms with Crippen molar-refractivity contribution in [2.24, 2.45) is 5.73 Å². The van der Waals surface area contributed by atoms with E-state index in [1.807, 2.05) is 37.3 Å². The molecule has 4 heteroatoms. The highest BCUT2D eigenvalue weighted by atomic mass is 35.5. The molecule has 0 saturated heterocycles. The van der Waals surface area contributed by atoms with Gasteiger partial charge in [-0.25, -0.2) is 0 Å². The molecule has 20 heavy (non-hydrogen) atoms. The smallest absolute Gasteiger partial charge is 0.123 e. The van der Waals surface area contributed by atoms with Crippen LogP contribution in [0.1, 0.15) is 18.1 Å². The number of para-hydroxylation sites is 1. The van der Waals surface area contributed by atoms with E-state index in [1.54, 1.807) is 12.1 Å². The molecule has 0 aliphatic rings. The number of halogens is 2. The lowest BCUT2D eigenvalue weighted by molar-refractivity contribution is 0.302. The molecule has 0 spiro atoms. The van der Waals surface area contributed by atoms with Crippen LogP contribution in [0.3, 0.4) is 0 Å². The fourth-order valence-corrected chi connectivity index (χ4v) is 2.49. The van der Waals surface area contributed by atoms with Crippen LogP contribution < -0.4 is 10.5 Å². The SMILES string of the molecule is CC(N)Cc1ccccc1OCc1c(Cl)cccc1Cl. The molecule has 1 atom stereocenters. The number of rotatable bonds is 5. The first kappa shape index (κ1) is 15.2. The van der Waals surface area contributed by atoms with Crippen LogP contribution in [0.2, 0.25) is 10.0 Å². The van der Waals surface area contributed by atoms with Crippen LogP contribution in [0.4, 0.5) is 0 Å². The highest BCUT2D eigenvalue weighted by Gasteiger charge is 2.09. The molecule has 0 saturated carbocycles. The average molecular weight is 310 g/mol. The van der Waals surface area contributed by atoms with Gasteiger partial charge >= 0.3 is 0 Å². The molecule has 106 valence electrons. The highest BCUT2D eigenvalue weighted by molar-refractivity contribution is 6.35. The predicted octanol–water partition coefficient (Wildman–Crippen LogP) is 4.46. The van der Waals surface area contributed by atoms with Crippen molar-refractivity contribution in [3.05, 3.63) is 63.6 Å². The number of hydrogen-bond acceptors (Lipinski definition) is 2. The standard InChI is InChI=1S/C16H17Cl2NO/c1-11(19)9-12-5-2-3-8-16(12)20-10-13-14(17)6-4-7-15(13)18/h2-8,11H,9-10,19H2,1H3. The van der Waals surface area contributed by atoms with Gasteiger partial charge in [0.2, 0.25) is 0 Å². The van der Waals surface area contributed by atoms with Gasteiger partial charge in [0.15, 0.2) is 0 Å². The summed E-state index contributed by atoms with van der Waals surface area (Å²) in [6, 6.07) is 13.4. The van der Waals surface area contributed by atoms with Gasteiger partial charge in [0, 0.05) is 21.7 Å². The fourth-order valence-electron chi connectivity index (χ4n) is 1.98. The van der Waals surface area contributed by atoms with Crippen molar-refractivity contribution in [2.45, 2.75) is 26.0 Å². The molecule has 2 aromatic carbocycles. The second-order valence-corrected chi connectivity index (χ2v) is 5.59. The summed E-state index contributed by atoms with van der Waals surface area (Å²) in [5.74, 6) is 0.820. The van der Waals surface area contributed by atoms with Gasteiger partial charge in [0.1, 0.15) is 12.4 Å². The molecule has 1 unspecified atom stereocenters. The lowest BCUT2D eigenvalue weighted by Gasteiger charge is -2.14. The van der Waals surface area contributed by atoms with E-state index in [0.717, 1.165) is 23.3 Å². The quantitative estimate of drug-likeness (QED) is 0.885. The van der Waals surface area contributed by atoms with Gasteiger partial charge in [0.25, 0.3) is 0 Å². The molecule has 2 rings (SSSR count). The molecule has 0 aliphatic heterocycles. The van der Waals surface area contributed by atoms with Crippen molar-refractivity contribution in [3.63, 3.8) is 0 Å². The van der Waals surface area contributed by atoms with E-state index in [2.05, 4.69) is 0 Å². The molecule has 0 heterocycles. The third kappa shape index (κ3) is 3.89. The Morgan fingerprint density at radius 1 is 1.05 bits per heavy atom. The van der Waals surface area contributed by atoms with Gasteiger partial charge in [-0.15, -0.1) is 0 Å². The third-order valence-electron chi connectivity index (χ3n) is 2.95. The van der Waals surface area contributed by atoms with Crippen LogP contribution in [-0.4, -0.2) is 6.04 Å². The number of benzene rings is 2.